The Bertz CT molecular complexity index is 130. The maximum absolute atomic E-state index is 10.7. The van der Waals surface area contributed by atoms with Gasteiger partial charge in [0.1, 0.15) is 0 Å². The van der Waals surface area contributed by atoms with Crippen molar-refractivity contribution in [2.24, 2.45) is 0 Å². The summed E-state index contributed by atoms with van der Waals surface area (Å²) in [5, 5.41) is 3.13. The largest absolute Gasteiger partial charge is 0.469 e. The number of nitrogens with one attached hydrogen (secondary N) is 1. The molecule has 4 heteroatoms. The Kier molecular flexibility index (Phi) is 7.29. The van der Waals surface area contributed by atoms with Gasteiger partial charge in [-0.1, -0.05) is 0 Å². The van der Waals surface area contributed by atoms with Gasteiger partial charge in [-0.3, -0.25) is 4.79 Å². The number of esters is 1. The van der Waals surface area contributed by atoms with Gasteiger partial charge in [-0.25, -0.2) is 0 Å². The number of thioether (sulfide) groups is 1. The molecular formula is C8H17NO2S. The van der Waals surface area contributed by atoms with E-state index in [9.17, 15) is 4.79 Å². The zero-order valence-corrected chi connectivity index (χ0v) is 8.74. The minimum Gasteiger partial charge on any atom is -0.469 e. The van der Waals surface area contributed by atoms with Gasteiger partial charge in [0.05, 0.1) is 13.5 Å². The van der Waals surface area contributed by atoms with E-state index in [2.05, 4.69) is 17.0 Å². The molecule has 3 nitrogen and oxygen atoms in total. The van der Waals surface area contributed by atoms with Crippen LogP contribution >= 0.6 is 11.8 Å². The van der Waals surface area contributed by atoms with Crippen LogP contribution in [0, 0.1) is 0 Å². The Labute approximate surface area is 78.2 Å². The predicted molar refractivity (Wildman–Crippen MR) is 52.5 cm³/mol. The summed E-state index contributed by atoms with van der Waals surface area (Å²) < 4.78 is 4.52. The summed E-state index contributed by atoms with van der Waals surface area (Å²) >= 11 is 1.77. The van der Waals surface area contributed by atoms with Crippen molar-refractivity contribution in [1.82, 2.24) is 5.32 Å². The first-order valence-electron chi connectivity index (χ1n) is 4.02. The van der Waals surface area contributed by atoms with Crippen LogP contribution in [0.1, 0.15) is 13.3 Å². The standard InChI is InChI=1S/C8H17NO2S/c1-7(9-2)6-12-5-4-8(10)11-3/h7,9H,4-6H2,1-3H3. The van der Waals surface area contributed by atoms with Crippen LogP contribution in [-0.2, 0) is 9.53 Å². The van der Waals surface area contributed by atoms with Gasteiger partial charge in [-0.2, -0.15) is 11.8 Å². The molecule has 0 amide bonds. The maximum atomic E-state index is 10.7. The molecule has 0 rings (SSSR count). The fraction of sp³-hybridized carbons (Fsp3) is 0.875. The van der Waals surface area contributed by atoms with Crippen molar-refractivity contribution in [3.05, 3.63) is 0 Å². The average molecular weight is 191 g/mol. The van der Waals surface area contributed by atoms with Crippen LogP contribution in [0.2, 0.25) is 0 Å². The topological polar surface area (TPSA) is 38.3 Å². The van der Waals surface area contributed by atoms with E-state index in [1.165, 1.54) is 7.11 Å². The number of hydrogen-bond donors (Lipinski definition) is 1. The molecule has 0 saturated carbocycles. The van der Waals surface area contributed by atoms with Gasteiger partial charge >= 0.3 is 5.97 Å². The van der Waals surface area contributed by atoms with E-state index in [1.807, 2.05) is 7.05 Å². The lowest BCUT2D eigenvalue weighted by atomic mass is 10.4. The molecule has 0 bridgehead atoms. The summed E-state index contributed by atoms with van der Waals surface area (Å²) in [6, 6.07) is 0.507. The number of methoxy groups -OCH3 is 1. The van der Waals surface area contributed by atoms with Crippen LogP contribution in [0.5, 0.6) is 0 Å². The third-order valence-electron chi connectivity index (χ3n) is 1.54. The molecule has 0 spiro atoms. The molecule has 0 aromatic rings. The molecule has 1 unspecified atom stereocenters. The van der Waals surface area contributed by atoms with E-state index in [0.29, 0.717) is 12.5 Å². The highest BCUT2D eigenvalue weighted by molar-refractivity contribution is 7.99. The van der Waals surface area contributed by atoms with E-state index in [4.69, 9.17) is 0 Å². The van der Waals surface area contributed by atoms with Crippen molar-refractivity contribution in [3.8, 4) is 0 Å². The summed E-state index contributed by atoms with van der Waals surface area (Å²) in [5.74, 6) is 1.76. The fourth-order valence-corrected chi connectivity index (χ4v) is 1.60. The van der Waals surface area contributed by atoms with E-state index < -0.39 is 0 Å². The third kappa shape index (κ3) is 6.49. The summed E-state index contributed by atoms with van der Waals surface area (Å²) in [6.45, 7) is 2.12. The van der Waals surface area contributed by atoms with Crippen molar-refractivity contribution in [3.63, 3.8) is 0 Å². The Hall–Kier alpha value is -0.220. The Morgan fingerprint density at radius 1 is 1.67 bits per heavy atom. The second-order valence-corrected chi connectivity index (χ2v) is 3.74. The van der Waals surface area contributed by atoms with E-state index in [0.717, 1.165) is 11.5 Å². The van der Waals surface area contributed by atoms with Gasteiger partial charge in [0.25, 0.3) is 0 Å². The summed E-state index contributed by atoms with van der Waals surface area (Å²) in [7, 11) is 3.36. The van der Waals surface area contributed by atoms with Crippen molar-refractivity contribution in [2.45, 2.75) is 19.4 Å². The first kappa shape index (κ1) is 11.8. The average Bonchev–Trinajstić information content (AvgIpc) is 2.11. The van der Waals surface area contributed by atoms with Crippen LogP contribution in [0.15, 0.2) is 0 Å². The fourth-order valence-electron chi connectivity index (χ4n) is 0.601. The van der Waals surface area contributed by atoms with Gasteiger partial charge in [0, 0.05) is 17.5 Å². The molecule has 0 saturated heterocycles. The lowest BCUT2D eigenvalue weighted by molar-refractivity contribution is -0.140. The van der Waals surface area contributed by atoms with Gasteiger partial charge in [-0.05, 0) is 14.0 Å². The second kappa shape index (κ2) is 7.43. The Balaban J connectivity index is 3.15. The van der Waals surface area contributed by atoms with Gasteiger partial charge in [-0.15, -0.1) is 0 Å². The Morgan fingerprint density at radius 2 is 2.33 bits per heavy atom. The quantitative estimate of drug-likeness (QED) is 0.500. The molecule has 0 radical (unpaired) electrons. The second-order valence-electron chi connectivity index (χ2n) is 2.59. The smallest absolute Gasteiger partial charge is 0.306 e. The van der Waals surface area contributed by atoms with Crippen LogP contribution in [0.3, 0.4) is 0 Å². The van der Waals surface area contributed by atoms with Crippen LogP contribution in [-0.4, -0.2) is 37.7 Å². The predicted octanol–water partition coefficient (Wildman–Crippen LogP) is 0.891. The molecule has 1 N–H and O–H groups in total. The van der Waals surface area contributed by atoms with Gasteiger partial charge < -0.3 is 10.1 Å². The molecule has 72 valence electrons. The summed E-state index contributed by atoms with van der Waals surface area (Å²) in [4.78, 5) is 10.7. The number of carbonyl (C=O) groups excluding carboxylic acids is 1. The molecule has 12 heavy (non-hydrogen) atoms. The maximum Gasteiger partial charge on any atom is 0.306 e. The minimum atomic E-state index is -0.125. The number of ether oxygens (including phenoxy) is 1. The van der Waals surface area contributed by atoms with Crippen LogP contribution in [0.4, 0.5) is 0 Å². The van der Waals surface area contributed by atoms with Gasteiger partial charge in [0.15, 0.2) is 0 Å². The monoisotopic (exact) mass is 191 g/mol. The number of carbonyl (C=O) groups is 1. The third-order valence-corrected chi connectivity index (χ3v) is 2.77. The molecule has 0 aliphatic heterocycles. The molecule has 1 atom stereocenters. The highest BCUT2D eigenvalue weighted by Crippen LogP contribution is 2.04. The molecule has 0 aliphatic carbocycles. The van der Waals surface area contributed by atoms with Gasteiger partial charge in [0.2, 0.25) is 0 Å². The van der Waals surface area contributed by atoms with E-state index >= 15 is 0 Å². The number of rotatable bonds is 6. The van der Waals surface area contributed by atoms with Crippen molar-refractivity contribution in [2.75, 3.05) is 25.7 Å². The zero-order valence-electron chi connectivity index (χ0n) is 7.92. The highest BCUT2D eigenvalue weighted by atomic mass is 32.2. The SMILES string of the molecule is CNC(C)CSCCC(=O)OC. The Morgan fingerprint density at radius 3 is 2.83 bits per heavy atom. The van der Waals surface area contributed by atoms with E-state index in [-0.39, 0.29) is 5.97 Å². The molecule has 0 heterocycles. The van der Waals surface area contributed by atoms with Crippen molar-refractivity contribution >= 4 is 17.7 Å². The molecular weight excluding hydrogens is 174 g/mol. The van der Waals surface area contributed by atoms with E-state index in [1.54, 1.807) is 11.8 Å². The molecule has 0 aromatic heterocycles. The van der Waals surface area contributed by atoms with Crippen molar-refractivity contribution in [1.29, 1.82) is 0 Å². The minimum absolute atomic E-state index is 0.125. The lowest BCUT2D eigenvalue weighted by Crippen LogP contribution is -2.23. The van der Waals surface area contributed by atoms with Crippen LogP contribution in [0.25, 0.3) is 0 Å². The molecule has 0 fully saturated rings. The first-order valence-corrected chi connectivity index (χ1v) is 5.18. The normalized spacial score (nSPS) is 12.6. The zero-order chi connectivity index (χ0) is 9.40. The molecule has 0 aliphatic rings. The highest BCUT2D eigenvalue weighted by Gasteiger charge is 2.01. The van der Waals surface area contributed by atoms with Crippen LogP contribution < -0.4 is 5.32 Å². The first-order chi connectivity index (χ1) is 5.70. The van der Waals surface area contributed by atoms with Crippen molar-refractivity contribution < 1.29 is 9.53 Å². The summed E-state index contributed by atoms with van der Waals surface area (Å²) in [5.41, 5.74) is 0. The molecule has 0 aromatic carbocycles. The summed E-state index contributed by atoms with van der Waals surface area (Å²) in [6.07, 6.45) is 0.512. The lowest BCUT2D eigenvalue weighted by Gasteiger charge is -2.08. The number of hydrogen-bond acceptors (Lipinski definition) is 4.